The summed E-state index contributed by atoms with van der Waals surface area (Å²) in [6, 6.07) is 12.8. The molecule has 2 aromatic carbocycles. The molecule has 1 aliphatic heterocycles. The van der Waals surface area contributed by atoms with Crippen LogP contribution in [0.4, 0.5) is 11.4 Å². The quantitative estimate of drug-likeness (QED) is 0.258. The molecular formula is C18H12N2O4S2. The molecule has 0 aliphatic carbocycles. The minimum Gasteiger partial charge on any atom is -0.295 e. The van der Waals surface area contributed by atoms with E-state index >= 15 is 0 Å². The zero-order valence-corrected chi connectivity index (χ0v) is 15.2. The molecule has 8 heteroatoms. The van der Waals surface area contributed by atoms with Gasteiger partial charge in [-0.3, -0.25) is 24.6 Å². The number of anilines is 1. The summed E-state index contributed by atoms with van der Waals surface area (Å²) >= 11 is 6.36. The first-order chi connectivity index (χ1) is 12.4. The van der Waals surface area contributed by atoms with Crippen molar-refractivity contribution in [3.63, 3.8) is 0 Å². The number of amides is 1. The molecule has 0 spiro atoms. The van der Waals surface area contributed by atoms with Gasteiger partial charge in [0.2, 0.25) is 0 Å². The highest BCUT2D eigenvalue weighted by Crippen LogP contribution is 2.37. The first-order valence-electron chi connectivity index (χ1n) is 7.51. The number of para-hydroxylation sites is 1. The molecule has 0 radical (unpaired) electrons. The Labute approximate surface area is 158 Å². The minimum absolute atomic E-state index is 0.0867. The largest absolute Gasteiger partial charge is 0.295 e. The van der Waals surface area contributed by atoms with Gasteiger partial charge in [-0.1, -0.05) is 48.2 Å². The fraction of sp³-hybridized carbons (Fsp3) is 0.0556. The van der Waals surface area contributed by atoms with Crippen molar-refractivity contribution >= 4 is 57.4 Å². The highest BCUT2D eigenvalue weighted by atomic mass is 32.2. The van der Waals surface area contributed by atoms with E-state index in [9.17, 15) is 19.7 Å². The lowest BCUT2D eigenvalue weighted by atomic mass is 10.1. The number of hydrogen-bond donors (Lipinski definition) is 0. The van der Waals surface area contributed by atoms with Crippen molar-refractivity contribution in [2.45, 2.75) is 6.92 Å². The molecule has 1 fully saturated rings. The van der Waals surface area contributed by atoms with Gasteiger partial charge in [0.1, 0.15) is 0 Å². The molecule has 6 nitrogen and oxygen atoms in total. The Morgan fingerprint density at radius 1 is 1.23 bits per heavy atom. The number of ketones is 1. The van der Waals surface area contributed by atoms with Gasteiger partial charge in [0.25, 0.3) is 11.6 Å². The van der Waals surface area contributed by atoms with Crippen molar-refractivity contribution in [1.29, 1.82) is 0 Å². The van der Waals surface area contributed by atoms with Gasteiger partial charge in [-0.25, -0.2) is 0 Å². The van der Waals surface area contributed by atoms with Crippen LogP contribution in [0.5, 0.6) is 0 Å². The van der Waals surface area contributed by atoms with E-state index in [2.05, 4.69) is 0 Å². The molecule has 1 amide bonds. The van der Waals surface area contributed by atoms with Crippen molar-refractivity contribution in [1.82, 2.24) is 0 Å². The molecule has 0 saturated carbocycles. The molecule has 0 unspecified atom stereocenters. The fourth-order valence-corrected chi connectivity index (χ4v) is 3.76. The Bertz CT molecular complexity index is 985. The van der Waals surface area contributed by atoms with E-state index in [4.69, 9.17) is 12.2 Å². The van der Waals surface area contributed by atoms with Crippen molar-refractivity contribution in [3.8, 4) is 0 Å². The molecular weight excluding hydrogens is 372 g/mol. The standard InChI is InChI=1S/C18H12N2O4S2/c1-11(21)12-6-4-7-14(9-12)19-17(22)16(26-18(19)25)10-13-5-2-3-8-15(13)20(23)24/h2-10H,1H3/b16-10-. The highest BCUT2D eigenvalue weighted by Gasteiger charge is 2.34. The van der Waals surface area contributed by atoms with E-state index in [0.29, 0.717) is 21.1 Å². The third-order valence-corrected chi connectivity index (χ3v) is 5.03. The molecule has 0 bridgehead atoms. The van der Waals surface area contributed by atoms with Crippen LogP contribution in [0.3, 0.4) is 0 Å². The Hall–Kier alpha value is -2.84. The van der Waals surface area contributed by atoms with Crippen LogP contribution < -0.4 is 4.90 Å². The van der Waals surface area contributed by atoms with E-state index in [1.165, 1.54) is 24.0 Å². The number of nitrogens with zero attached hydrogens (tertiary/aromatic N) is 2. The van der Waals surface area contributed by atoms with Gasteiger partial charge < -0.3 is 0 Å². The smallest absolute Gasteiger partial charge is 0.276 e. The minimum atomic E-state index is -0.497. The zero-order valence-electron chi connectivity index (χ0n) is 13.5. The van der Waals surface area contributed by atoms with Crippen LogP contribution in [-0.2, 0) is 4.79 Å². The molecule has 3 rings (SSSR count). The number of Topliss-reactive ketones (excluding diaryl/α,β-unsaturated/α-hetero) is 1. The number of thioether (sulfide) groups is 1. The number of carbonyl (C=O) groups is 2. The van der Waals surface area contributed by atoms with Crippen molar-refractivity contribution in [2.75, 3.05) is 4.90 Å². The maximum Gasteiger partial charge on any atom is 0.276 e. The number of nitro groups is 1. The number of benzene rings is 2. The summed E-state index contributed by atoms with van der Waals surface area (Å²) in [5, 5.41) is 11.1. The molecule has 2 aromatic rings. The first-order valence-corrected chi connectivity index (χ1v) is 8.73. The van der Waals surface area contributed by atoms with Gasteiger partial charge in [-0.2, -0.15) is 0 Å². The summed E-state index contributed by atoms with van der Waals surface area (Å²) in [4.78, 5) is 36.6. The van der Waals surface area contributed by atoms with Crippen LogP contribution >= 0.6 is 24.0 Å². The second-order valence-electron chi connectivity index (χ2n) is 5.44. The SMILES string of the molecule is CC(=O)c1cccc(N2C(=O)/C(=C/c3ccccc3[N+](=O)[O-])SC2=S)c1. The topological polar surface area (TPSA) is 80.5 Å². The van der Waals surface area contributed by atoms with Crippen molar-refractivity contribution in [3.05, 3.63) is 74.7 Å². The Morgan fingerprint density at radius 2 is 1.96 bits per heavy atom. The third-order valence-electron chi connectivity index (χ3n) is 3.72. The van der Waals surface area contributed by atoms with Crippen LogP contribution in [0.25, 0.3) is 6.08 Å². The van der Waals surface area contributed by atoms with Gasteiger partial charge in [-0.15, -0.1) is 0 Å². The molecule has 1 heterocycles. The Morgan fingerprint density at radius 3 is 2.65 bits per heavy atom. The van der Waals surface area contributed by atoms with Crippen molar-refractivity contribution < 1.29 is 14.5 Å². The predicted molar refractivity (Wildman–Crippen MR) is 105 cm³/mol. The number of carbonyl (C=O) groups excluding carboxylic acids is 2. The van der Waals surface area contributed by atoms with Gasteiger partial charge in [-0.05, 0) is 31.2 Å². The van der Waals surface area contributed by atoms with Gasteiger partial charge in [0, 0.05) is 11.6 Å². The van der Waals surface area contributed by atoms with Crippen LogP contribution in [0, 0.1) is 10.1 Å². The molecule has 0 atom stereocenters. The number of hydrogen-bond acceptors (Lipinski definition) is 6. The van der Waals surface area contributed by atoms with Crippen molar-refractivity contribution in [2.24, 2.45) is 0 Å². The summed E-state index contributed by atoms with van der Waals surface area (Å²) in [5.74, 6) is -0.494. The summed E-state index contributed by atoms with van der Waals surface area (Å²) in [6.07, 6.45) is 1.46. The molecule has 0 N–H and O–H groups in total. The average molecular weight is 384 g/mol. The lowest BCUT2D eigenvalue weighted by molar-refractivity contribution is -0.385. The highest BCUT2D eigenvalue weighted by molar-refractivity contribution is 8.27. The number of thiocarbonyl (C=S) groups is 1. The second-order valence-corrected chi connectivity index (χ2v) is 7.12. The molecule has 0 aromatic heterocycles. The summed E-state index contributed by atoms with van der Waals surface area (Å²) in [5.41, 5.74) is 1.21. The zero-order chi connectivity index (χ0) is 18.8. The van der Waals surface area contributed by atoms with Crippen LogP contribution in [0.15, 0.2) is 53.4 Å². The van der Waals surface area contributed by atoms with E-state index in [0.717, 1.165) is 11.8 Å². The normalized spacial score (nSPS) is 15.6. The molecule has 1 aliphatic rings. The summed E-state index contributed by atoms with van der Waals surface area (Å²) < 4.78 is 0.306. The maximum atomic E-state index is 12.8. The first kappa shape index (κ1) is 18.0. The van der Waals surface area contributed by atoms with Gasteiger partial charge >= 0.3 is 0 Å². The van der Waals surface area contributed by atoms with Crippen LogP contribution in [-0.4, -0.2) is 20.9 Å². The predicted octanol–water partition coefficient (Wildman–Crippen LogP) is 4.20. The summed E-state index contributed by atoms with van der Waals surface area (Å²) in [6.45, 7) is 1.44. The Balaban J connectivity index is 1.99. The summed E-state index contributed by atoms with van der Waals surface area (Å²) in [7, 11) is 0. The molecule has 26 heavy (non-hydrogen) atoms. The van der Waals surface area contributed by atoms with E-state index in [1.54, 1.807) is 42.5 Å². The third kappa shape index (κ3) is 3.42. The molecule has 1 saturated heterocycles. The Kier molecular flexibility index (Phi) is 4.97. The fourth-order valence-electron chi connectivity index (χ4n) is 2.47. The van der Waals surface area contributed by atoms with Crippen LogP contribution in [0.1, 0.15) is 22.8 Å². The van der Waals surface area contributed by atoms with E-state index in [-0.39, 0.29) is 22.3 Å². The van der Waals surface area contributed by atoms with Gasteiger partial charge in [0.05, 0.1) is 21.1 Å². The van der Waals surface area contributed by atoms with Gasteiger partial charge in [0.15, 0.2) is 10.1 Å². The molecule has 130 valence electrons. The monoisotopic (exact) mass is 384 g/mol. The average Bonchev–Trinajstić information content (AvgIpc) is 2.89. The number of rotatable bonds is 4. The number of nitro benzene ring substituents is 1. The van der Waals surface area contributed by atoms with E-state index in [1.807, 2.05) is 0 Å². The second kappa shape index (κ2) is 7.19. The lowest BCUT2D eigenvalue weighted by Crippen LogP contribution is -2.27. The maximum absolute atomic E-state index is 12.8. The van der Waals surface area contributed by atoms with Crippen LogP contribution in [0.2, 0.25) is 0 Å². The lowest BCUT2D eigenvalue weighted by Gasteiger charge is -2.15. The van der Waals surface area contributed by atoms with E-state index < -0.39 is 4.92 Å².